The van der Waals surface area contributed by atoms with Crippen LogP contribution in [0.5, 0.6) is 0 Å². The molecule has 1 heterocycles. The Morgan fingerprint density at radius 3 is 2.52 bits per heavy atom. The van der Waals surface area contributed by atoms with Gasteiger partial charge in [-0.1, -0.05) is 39.5 Å². The number of nitrogens with one attached hydrogen (secondary N) is 1. The Hall–Kier alpha value is -0.350. The lowest BCUT2D eigenvalue weighted by Gasteiger charge is -2.19. The largest absolute Gasteiger partial charge is 0.314 e. The Balaban J connectivity index is 2.66. The van der Waals surface area contributed by atoms with Crippen molar-refractivity contribution in [1.29, 1.82) is 0 Å². The molecule has 3 nitrogen and oxygen atoms in total. The summed E-state index contributed by atoms with van der Waals surface area (Å²) in [6.07, 6.45) is 8.87. The molecule has 1 unspecified atom stereocenters. The van der Waals surface area contributed by atoms with Crippen molar-refractivity contribution in [2.75, 3.05) is 6.54 Å². The van der Waals surface area contributed by atoms with Crippen LogP contribution in [0.4, 0.5) is 0 Å². The van der Waals surface area contributed by atoms with Crippen LogP contribution in [0.2, 0.25) is 0 Å². The summed E-state index contributed by atoms with van der Waals surface area (Å²) in [5.74, 6) is 0. The van der Waals surface area contributed by atoms with Gasteiger partial charge >= 0.3 is 0 Å². The van der Waals surface area contributed by atoms with Crippen LogP contribution in [-0.2, 0) is 13.0 Å². The second-order valence-electron chi connectivity index (χ2n) is 5.87. The van der Waals surface area contributed by atoms with Crippen LogP contribution in [-0.4, -0.2) is 22.4 Å². The zero-order chi connectivity index (χ0) is 15.7. The van der Waals surface area contributed by atoms with E-state index in [1.54, 1.807) is 0 Å². The van der Waals surface area contributed by atoms with E-state index in [4.69, 9.17) is 0 Å². The van der Waals surface area contributed by atoms with Crippen molar-refractivity contribution in [1.82, 2.24) is 15.1 Å². The standard InChI is InChI=1S/C17H32BrN3/c1-5-8-9-10-11-15(19-12-6-2)13-16-17(18)14(4)20-21(16)7-3/h15,19H,5-13H2,1-4H3. The predicted molar refractivity (Wildman–Crippen MR) is 94.9 cm³/mol. The van der Waals surface area contributed by atoms with Crippen molar-refractivity contribution in [3.63, 3.8) is 0 Å². The van der Waals surface area contributed by atoms with E-state index >= 15 is 0 Å². The molecule has 122 valence electrons. The summed E-state index contributed by atoms with van der Waals surface area (Å²) in [5, 5.41) is 8.33. The molecule has 1 rings (SSSR count). The van der Waals surface area contributed by atoms with Gasteiger partial charge in [0, 0.05) is 19.0 Å². The van der Waals surface area contributed by atoms with Crippen LogP contribution in [0.15, 0.2) is 4.47 Å². The SMILES string of the molecule is CCCCCCC(Cc1c(Br)c(C)nn1CC)NCCC. The molecular weight excluding hydrogens is 326 g/mol. The number of aromatic nitrogens is 2. The van der Waals surface area contributed by atoms with Gasteiger partial charge in [-0.25, -0.2) is 0 Å². The summed E-state index contributed by atoms with van der Waals surface area (Å²) in [5.41, 5.74) is 2.45. The molecule has 0 amide bonds. The fraction of sp³-hybridized carbons (Fsp3) is 0.824. The van der Waals surface area contributed by atoms with Crippen LogP contribution in [0, 0.1) is 6.92 Å². The Bertz CT molecular complexity index is 401. The van der Waals surface area contributed by atoms with Gasteiger partial charge in [-0.05, 0) is 49.2 Å². The smallest absolute Gasteiger partial charge is 0.0738 e. The Morgan fingerprint density at radius 2 is 1.90 bits per heavy atom. The first-order valence-corrected chi connectivity index (χ1v) is 9.38. The van der Waals surface area contributed by atoms with Crippen LogP contribution in [0.25, 0.3) is 0 Å². The topological polar surface area (TPSA) is 29.9 Å². The zero-order valence-corrected chi connectivity index (χ0v) is 15.8. The molecule has 0 spiro atoms. The van der Waals surface area contributed by atoms with Crippen molar-refractivity contribution in [2.45, 2.75) is 85.2 Å². The van der Waals surface area contributed by atoms with Gasteiger partial charge in [-0.15, -0.1) is 0 Å². The molecule has 1 N–H and O–H groups in total. The molecule has 0 radical (unpaired) electrons. The number of halogens is 1. The average Bonchev–Trinajstić information content (AvgIpc) is 2.76. The summed E-state index contributed by atoms with van der Waals surface area (Å²) in [4.78, 5) is 0. The Morgan fingerprint density at radius 1 is 1.14 bits per heavy atom. The first kappa shape index (κ1) is 18.7. The lowest BCUT2D eigenvalue weighted by molar-refractivity contribution is 0.439. The van der Waals surface area contributed by atoms with Crippen LogP contribution in [0.3, 0.4) is 0 Å². The molecule has 0 saturated heterocycles. The molecule has 0 aliphatic heterocycles. The number of hydrogen-bond acceptors (Lipinski definition) is 2. The molecule has 0 aliphatic rings. The van der Waals surface area contributed by atoms with E-state index in [9.17, 15) is 0 Å². The first-order valence-electron chi connectivity index (χ1n) is 8.59. The maximum Gasteiger partial charge on any atom is 0.0738 e. The minimum Gasteiger partial charge on any atom is -0.314 e. The monoisotopic (exact) mass is 357 g/mol. The third kappa shape index (κ3) is 6.11. The van der Waals surface area contributed by atoms with Crippen molar-refractivity contribution < 1.29 is 0 Å². The normalized spacial score (nSPS) is 12.8. The highest BCUT2D eigenvalue weighted by Gasteiger charge is 2.17. The van der Waals surface area contributed by atoms with Crippen LogP contribution in [0.1, 0.15) is 70.7 Å². The van der Waals surface area contributed by atoms with Gasteiger partial charge in [0.15, 0.2) is 0 Å². The van der Waals surface area contributed by atoms with E-state index in [1.165, 1.54) is 48.7 Å². The highest BCUT2D eigenvalue weighted by atomic mass is 79.9. The minimum absolute atomic E-state index is 0.569. The summed E-state index contributed by atoms with van der Waals surface area (Å²) < 4.78 is 3.34. The molecular formula is C17H32BrN3. The second-order valence-corrected chi connectivity index (χ2v) is 6.66. The number of aryl methyl sites for hydroxylation is 2. The third-order valence-electron chi connectivity index (χ3n) is 3.98. The summed E-state index contributed by atoms with van der Waals surface area (Å²) in [7, 11) is 0. The maximum absolute atomic E-state index is 4.61. The molecule has 0 aliphatic carbocycles. The van der Waals surface area contributed by atoms with E-state index in [0.717, 1.165) is 25.2 Å². The van der Waals surface area contributed by atoms with Gasteiger partial charge < -0.3 is 5.32 Å². The van der Waals surface area contributed by atoms with Gasteiger partial charge in [0.1, 0.15) is 0 Å². The lowest BCUT2D eigenvalue weighted by Crippen LogP contribution is -2.32. The number of nitrogens with zero attached hydrogens (tertiary/aromatic N) is 2. The molecule has 21 heavy (non-hydrogen) atoms. The highest BCUT2D eigenvalue weighted by molar-refractivity contribution is 9.10. The Kier molecular flexibility index (Phi) is 9.25. The van der Waals surface area contributed by atoms with Crippen LogP contribution >= 0.6 is 15.9 Å². The number of unbranched alkanes of at least 4 members (excludes halogenated alkanes) is 3. The van der Waals surface area contributed by atoms with E-state index in [0.29, 0.717) is 6.04 Å². The molecule has 1 aromatic heterocycles. The van der Waals surface area contributed by atoms with Gasteiger partial charge in [0.25, 0.3) is 0 Å². The predicted octanol–water partition coefficient (Wildman–Crippen LogP) is 4.86. The second kappa shape index (κ2) is 10.4. The van der Waals surface area contributed by atoms with Crippen molar-refractivity contribution >= 4 is 15.9 Å². The molecule has 0 bridgehead atoms. The highest BCUT2D eigenvalue weighted by Crippen LogP contribution is 2.23. The molecule has 1 aromatic rings. The van der Waals surface area contributed by atoms with Crippen molar-refractivity contribution in [3.8, 4) is 0 Å². The molecule has 0 saturated carbocycles. The summed E-state index contributed by atoms with van der Waals surface area (Å²) in [6, 6.07) is 0.569. The molecule has 0 fully saturated rings. The Labute approximate surface area is 139 Å². The van der Waals surface area contributed by atoms with E-state index in [1.807, 2.05) is 0 Å². The fourth-order valence-electron chi connectivity index (χ4n) is 2.74. The number of hydrogen-bond donors (Lipinski definition) is 1. The van der Waals surface area contributed by atoms with Gasteiger partial charge in [0.05, 0.1) is 15.9 Å². The van der Waals surface area contributed by atoms with Crippen LogP contribution < -0.4 is 5.32 Å². The van der Waals surface area contributed by atoms with Gasteiger partial charge in [0.2, 0.25) is 0 Å². The van der Waals surface area contributed by atoms with E-state index in [-0.39, 0.29) is 0 Å². The molecule has 0 aromatic carbocycles. The summed E-state index contributed by atoms with van der Waals surface area (Å²) in [6.45, 7) is 10.8. The number of rotatable bonds is 11. The molecule has 1 atom stereocenters. The zero-order valence-electron chi connectivity index (χ0n) is 14.2. The first-order chi connectivity index (χ1) is 10.1. The summed E-state index contributed by atoms with van der Waals surface area (Å²) >= 11 is 3.72. The maximum atomic E-state index is 4.61. The molecule has 4 heteroatoms. The minimum atomic E-state index is 0.569. The third-order valence-corrected chi connectivity index (χ3v) is 5.01. The van der Waals surface area contributed by atoms with Gasteiger partial charge in [-0.2, -0.15) is 5.10 Å². The quantitative estimate of drug-likeness (QED) is 0.573. The van der Waals surface area contributed by atoms with Crippen molar-refractivity contribution in [2.24, 2.45) is 0 Å². The van der Waals surface area contributed by atoms with E-state index in [2.05, 4.69) is 58.7 Å². The van der Waals surface area contributed by atoms with E-state index < -0.39 is 0 Å². The fourth-order valence-corrected chi connectivity index (χ4v) is 3.19. The van der Waals surface area contributed by atoms with Gasteiger partial charge in [-0.3, -0.25) is 4.68 Å². The average molecular weight is 358 g/mol. The lowest BCUT2D eigenvalue weighted by atomic mass is 10.0. The van der Waals surface area contributed by atoms with Crippen molar-refractivity contribution in [3.05, 3.63) is 15.9 Å².